The molecule has 1 aromatic carbocycles. The van der Waals surface area contributed by atoms with Crippen molar-refractivity contribution in [2.75, 3.05) is 0 Å². The van der Waals surface area contributed by atoms with Gasteiger partial charge in [-0.15, -0.1) is 11.3 Å². The molecule has 2 heterocycles. The predicted octanol–water partition coefficient (Wildman–Crippen LogP) is 4.88. The molecule has 4 nitrogen and oxygen atoms in total. The second kappa shape index (κ2) is 8.17. The lowest BCUT2D eigenvalue weighted by atomic mass is 9.89. The lowest BCUT2D eigenvalue weighted by Crippen LogP contribution is -2.19. The van der Waals surface area contributed by atoms with Gasteiger partial charge in [0.05, 0.1) is 5.56 Å². The number of nitrogens with zero attached hydrogens (tertiary/aromatic N) is 2. The number of benzene rings is 1. The van der Waals surface area contributed by atoms with Crippen LogP contribution in [0.2, 0.25) is 0 Å². The molecule has 1 amide bonds. The molecule has 0 saturated carbocycles. The number of pyridine rings is 1. The Morgan fingerprint density at radius 2 is 1.96 bits per heavy atom. The third kappa shape index (κ3) is 3.56. The minimum absolute atomic E-state index is 0.433. The van der Waals surface area contributed by atoms with E-state index in [4.69, 9.17) is 10.7 Å². The summed E-state index contributed by atoms with van der Waals surface area (Å²) in [5, 5.41) is 12.0. The number of primary amides is 1. The molecule has 0 bridgehead atoms. The molecule has 4 rings (SSSR count). The third-order valence-corrected chi connectivity index (χ3v) is 7.06. The Labute approximate surface area is 172 Å². The summed E-state index contributed by atoms with van der Waals surface area (Å²) in [5.74, 6) is -0.433. The Morgan fingerprint density at radius 3 is 2.64 bits per heavy atom. The van der Waals surface area contributed by atoms with Crippen LogP contribution in [0.4, 0.5) is 0 Å². The molecular formula is C22H19N3OS2. The largest absolute Gasteiger partial charge is 0.368 e. The molecule has 140 valence electrons. The first-order valence-electron chi connectivity index (χ1n) is 9.19. The Kier molecular flexibility index (Phi) is 5.47. The van der Waals surface area contributed by atoms with E-state index in [0.717, 1.165) is 47.4 Å². The molecule has 0 aliphatic heterocycles. The molecule has 6 heteroatoms. The molecule has 1 aliphatic carbocycles. The molecule has 0 fully saturated rings. The number of thioether (sulfide) groups is 1. The molecule has 2 aromatic heterocycles. The Balaban J connectivity index is 1.86. The molecule has 1 aliphatic rings. The normalized spacial score (nSPS) is 14.1. The molecule has 0 saturated heterocycles. The second-order valence-electron chi connectivity index (χ2n) is 6.70. The van der Waals surface area contributed by atoms with Crippen LogP contribution >= 0.6 is 23.1 Å². The number of nitriles is 1. The van der Waals surface area contributed by atoms with Gasteiger partial charge in [-0.3, -0.25) is 4.79 Å². The highest BCUT2D eigenvalue weighted by atomic mass is 32.2. The minimum atomic E-state index is -0.585. The van der Waals surface area contributed by atoms with Gasteiger partial charge in [-0.1, -0.05) is 48.2 Å². The van der Waals surface area contributed by atoms with Crippen molar-refractivity contribution in [2.45, 2.75) is 36.0 Å². The summed E-state index contributed by atoms with van der Waals surface area (Å²) in [6, 6.07) is 15.9. The SMILES string of the molecule is N#Cc1c(SC(C(N)=O)c2ccccc2)nc2c(c1-c1cccs1)CCCC2. The van der Waals surface area contributed by atoms with E-state index in [1.54, 1.807) is 11.3 Å². The standard InChI is InChI=1S/C22H19N3OS2/c23-13-16-19(18-11-6-12-27-18)15-9-4-5-10-17(15)25-22(16)28-20(21(24)26)14-7-2-1-3-8-14/h1-3,6-8,11-12,20H,4-5,9-10H2,(H2,24,26). The first kappa shape index (κ1) is 18.7. The fourth-order valence-electron chi connectivity index (χ4n) is 3.63. The van der Waals surface area contributed by atoms with Gasteiger partial charge in [0.1, 0.15) is 16.3 Å². The highest BCUT2D eigenvalue weighted by Crippen LogP contribution is 2.43. The molecule has 28 heavy (non-hydrogen) atoms. The van der Waals surface area contributed by atoms with Crippen molar-refractivity contribution in [3.8, 4) is 16.5 Å². The number of fused-ring (bicyclic) bond motifs is 1. The number of nitrogens with two attached hydrogens (primary N) is 1. The zero-order valence-corrected chi connectivity index (χ0v) is 16.9. The molecule has 2 N–H and O–H groups in total. The fourth-order valence-corrected chi connectivity index (χ4v) is 5.50. The average Bonchev–Trinajstić information content (AvgIpc) is 3.25. The van der Waals surface area contributed by atoms with Crippen molar-refractivity contribution in [1.82, 2.24) is 4.98 Å². The van der Waals surface area contributed by atoms with Crippen LogP contribution in [0.1, 0.15) is 40.5 Å². The summed E-state index contributed by atoms with van der Waals surface area (Å²) in [5.41, 5.74) is 10.3. The monoisotopic (exact) mass is 405 g/mol. The van der Waals surface area contributed by atoms with E-state index in [9.17, 15) is 10.1 Å². The molecule has 0 radical (unpaired) electrons. The van der Waals surface area contributed by atoms with Gasteiger partial charge >= 0.3 is 0 Å². The number of aromatic nitrogens is 1. The number of hydrogen-bond donors (Lipinski definition) is 1. The van der Waals surface area contributed by atoms with Gasteiger partial charge < -0.3 is 5.73 Å². The summed E-state index contributed by atoms with van der Waals surface area (Å²) in [4.78, 5) is 18.1. The lowest BCUT2D eigenvalue weighted by molar-refractivity contribution is -0.117. The number of aryl methyl sites for hydroxylation is 1. The summed E-state index contributed by atoms with van der Waals surface area (Å²) in [6.45, 7) is 0. The first-order valence-corrected chi connectivity index (χ1v) is 11.0. The highest BCUT2D eigenvalue weighted by molar-refractivity contribution is 8.00. The number of carbonyl (C=O) groups excluding carboxylic acids is 1. The van der Waals surface area contributed by atoms with Gasteiger partial charge in [0.15, 0.2) is 0 Å². The van der Waals surface area contributed by atoms with Gasteiger partial charge in [-0.25, -0.2) is 4.98 Å². The van der Waals surface area contributed by atoms with E-state index in [1.807, 2.05) is 47.8 Å². The van der Waals surface area contributed by atoms with Crippen LogP contribution in [-0.4, -0.2) is 10.9 Å². The van der Waals surface area contributed by atoms with Gasteiger partial charge in [-0.05, 0) is 48.3 Å². The van der Waals surface area contributed by atoms with E-state index < -0.39 is 11.2 Å². The van der Waals surface area contributed by atoms with Crippen LogP contribution in [0.25, 0.3) is 10.4 Å². The van der Waals surface area contributed by atoms with Crippen LogP contribution in [-0.2, 0) is 17.6 Å². The maximum absolute atomic E-state index is 12.2. The van der Waals surface area contributed by atoms with Gasteiger partial charge in [0.25, 0.3) is 0 Å². The summed E-state index contributed by atoms with van der Waals surface area (Å²) < 4.78 is 0. The van der Waals surface area contributed by atoms with Gasteiger partial charge in [0, 0.05) is 16.1 Å². The Bertz CT molecular complexity index is 1040. The quantitative estimate of drug-likeness (QED) is 0.614. The summed E-state index contributed by atoms with van der Waals surface area (Å²) in [6.07, 6.45) is 4.04. The summed E-state index contributed by atoms with van der Waals surface area (Å²) >= 11 is 2.91. The molecule has 3 aromatic rings. The van der Waals surface area contributed by atoms with E-state index in [2.05, 4.69) is 6.07 Å². The van der Waals surface area contributed by atoms with Crippen molar-refractivity contribution >= 4 is 29.0 Å². The maximum atomic E-state index is 12.2. The molecule has 1 atom stereocenters. The van der Waals surface area contributed by atoms with Crippen LogP contribution in [0, 0.1) is 11.3 Å². The van der Waals surface area contributed by atoms with Crippen LogP contribution in [0.15, 0.2) is 52.9 Å². The zero-order valence-electron chi connectivity index (χ0n) is 15.2. The van der Waals surface area contributed by atoms with Crippen molar-refractivity contribution in [1.29, 1.82) is 5.26 Å². The zero-order chi connectivity index (χ0) is 19.5. The van der Waals surface area contributed by atoms with Crippen LogP contribution in [0.5, 0.6) is 0 Å². The lowest BCUT2D eigenvalue weighted by Gasteiger charge is -2.22. The summed E-state index contributed by atoms with van der Waals surface area (Å²) in [7, 11) is 0. The van der Waals surface area contributed by atoms with Crippen molar-refractivity contribution < 1.29 is 4.79 Å². The van der Waals surface area contributed by atoms with Crippen molar-refractivity contribution in [3.63, 3.8) is 0 Å². The Hall–Kier alpha value is -2.62. The van der Waals surface area contributed by atoms with Gasteiger partial charge in [0.2, 0.25) is 5.91 Å². The average molecular weight is 406 g/mol. The fraction of sp³-hybridized carbons (Fsp3) is 0.227. The minimum Gasteiger partial charge on any atom is -0.368 e. The number of amides is 1. The molecular weight excluding hydrogens is 386 g/mol. The number of hydrogen-bond acceptors (Lipinski definition) is 5. The predicted molar refractivity (Wildman–Crippen MR) is 113 cm³/mol. The third-order valence-electron chi connectivity index (χ3n) is 4.91. The van der Waals surface area contributed by atoms with Crippen molar-refractivity contribution in [2.24, 2.45) is 5.73 Å². The first-order chi connectivity index (χ1) is 13.7. The van der Waals surface area contributed by atoms with E-state index in [1.165, 1.54) is 17.3 Å². The second-order valence-corrected chi connectivity index (χ2v) is 8.74. The Morgan fingerprint density at radius 1 is 1.18 bits per heavy atom. The van der Waals surface area contributed by atoms with E-state index in [0.29, 0.717) is 10.6 Å². The highest BCUT2D eigenvalue weighted by Gasteiger charge is 2.27. The van der Waals surface area contributed by atoms with Crippen LogP contribution in [0.3, 0.4) is 0 Å². The number of rotatable bonds is 5. The van der Waals surface area contributed by atoms with Crippen LogP contribution < -0.4 is 5.73 Å². The van der Waals surface area contributed by atoms with E-state index in [-0.39, 0.29) is 0 Å². The molecule has 1 unspecified atom stereocenters. The molecule has 0 spiro atoms. The topological polar surface area (TPSA) is 79.8 Å². The number of carbonyl (C=O) groups is 1. The van der Waals surface area contributed by atoms with Gasteiger partial charge in [-0.2, -0.15) is 5.26 Å². The van der Waals surface area contributed by atoms with E-state index >= 15 is 0 Å². The number of thiophene rings is 1. The smallest absolute Gasteiger partial charge is 0.235 e. The maximum Gasteiger partial charge on any atom is 0.235 e. The van der Waals surface area contributed by atoms with Crippen molar-refractivity contribution in [3.05, 3.63) is 70.2 Å².